The summed E-state index contributed by atoms with van der Waals surface area (Å²) < 4.78 is 4.83. The second-order valence-electron chi connectivity index (χ2n) is 3.40. The molecule has 0 radical (unpaired) electrons. The Kier molecular flexibility index (Phi) is 2.82. The van der Waals surface area contributed by atoms with Crippen LogP contribution in [0, 0.1) is 0 Å². The summed E-state index contributed by atoms with van der Waals surface area (Å²) in [5.41, 5.74) is 7.28. The maximum atomic E-state index is 11.2. The number of carbonyl (C=O) groups excluding carboxylic acids is 1. The van der Waals surface area contributed by atoms with Crippen LogP contribution in [0.5, 0.6) is 0 Å². The van der Waals surface area contributed by atoms with E-state index in [1.807, 2.05) is 12.1 Å². The van der Waals surface area contributed by atoms with Crippen molar-refractivity contribution in [1.29, 1.82) is 0 Å². The standard InChI is InChI=1S/C10H13N3O2/c11-5-9-2-1-8(6-12-9)7-13-3-4-15-10(13)14/h1-2,6H,3-5,7,11H2. The Hall–Kier alpha value is -1.62. The van der Waals surface area contributed by atoms with Crippen LogP contribution in [0.25, 0.3) is 0 Å². The van der Waals surface area contributed by atoms with Gasteiger partial charge in [-0.1, -0.05) is 6.07 Å². The van der Waals surface area contributed by atoms with Gasteiger partial charge in [-0.25, -0.2) is 4.79 Å². The Morgan fingerprint density at radius 3 is 2.93 bits per heavy atom. The average Bonchev–Trinajstić information content (AvgIpc) is 2.66. The summed E-state index contributed by atoms with van der Waals surface area (Å²) >= 11 is 0. The van der Waals surface area contributed by atoms with Crippen molar-refractivity contribution >= 4 is 6.09 Å². The van der Waals surface area contributed by atoms with Crippen molar-refractivity contribution in [2.24, 2.45) is 5.73 Å². The number of nitrogens with two attached hydrogens (primary N) is 1. The second kappa shape index (κ2) is 4.27. The summed E-state index contributed by atoms with van der Waals surface area (Å²) in [5, 5.41) is 0. The van der Waals surface area contributed by atoms with Crippen LogP contribution in [-0.2, 0) is 17.8 Å². The van der Waals surface area contributed by atoms with E-state index in [0.29, 0.717) is 26.2 Å². The van der Waals surface area contributed by atoms with Gasteiger partial charge in [-0.05, 0) is 11.6 Å². The molecule has 1 saturated heterocycles. The number of cyclic esters (lactones) is 1. The Morgan fingerprint density at radius 2 is 2.40 bits per heavy atom. The largest absolute Gasteiger partial charge is 0.448 e. The van der Waals surface area contributed by atoms with Gasteiger partial charge >= 0.3 is 6.09 Å². The van der Waals surface area contributed by atoms with Crippen molar-refractivity contribution in [3.63, 3.8) is 0 Å². The average molecular weight is 207 g/mol. The molecule has 1 aromatic heterocycles. The Balaban J connectivity index is 2.01. The number of ether oxygens (including phenoxy) is 1. The highest BCUT2D eigenvalue weighted by molar-refractivity contribution is 5.69. The molecule has 0 unspecified atom stereocenters. The van der Waals surface area contributed by atoms with Crippen LogP contribution >= 0.6 is 0 Å². The number of nitrogens with zero attached hydrogens (tertiary/aromatic N) is 2. The molecule has 0 spiro atoms. The number of rotatable bonds is 3. The van der Waals surface area contributed by atoms with E-state index in [4.69, 9.17) is 10.5 Å². The van der Waals surface area contributed by atoms with Crippen molar-refractivity contribution in [3.8, 4) is 0 Å². The minimum atomic E-state index is -0.252. The predicted molar refractivity (Wildman–Crippen MR) is 53.9 cm³/mol. The van der Waals surface area contributed by atoms with E-state index in [1.165, 1.54) is 0 Å². The summed E-state index contributed by atoms with van der Waals surface area (Å²) in [6.45, 7) is 2.12. The van der Waals surface area contributed by atoms with Crippen LogP contribution < -0.4 is 5.73 Å². The fourth-order valence-corrected chi connectivity index (χ4v) is 1.46. The van der Waals surface area contributed by atoms with Gasteiger partial charge < -0.3 is 15.4 Å². The topological polar surface area (TPSA) is 68.4 Å². The van der Waals surface area contributed by atoms with Gasteiger partial charge in [-0.2, -0.15) is 0 Å². The molecular weight excluding hydrogens is 194 g/mol. The monoisotopic (exact) mass is 207 g/mol. The van der Waals surface area contributed by atoms with E-state index >= 15 is 0 Å². The molecule has 1 aromatic rings. The van der Waals surface area contributed by atoms with Crippen molar-refractivity contribution in [3.05, 3.63) is 29.6 Å². The number of amides is 1. The maximum absolute atomic E-state index is 11.2. The van der Waals surface area contributed by atoms with Gasteiger partial charge in [0.25, 0.3) is 0 Å². The Morgan fingerprint density at radius 1 is 1.53 bits per heavy atom. The lowest BCUT2D eigenvalue weighted by molar-refractivity contribution is 0.157. The molecule has 80 valence electrons. The number of hydrogen-bond donors (Lipinski definition) is 1. The second-order valence-corrected chi connectivity index (χ2v) is 3.40. The molecule has 5 heteroatoms. The molecule has 15 heavy (non-hydrogen) atoms. The lowest BCUT2D eigenvalue weighted by Gasteiger charge is -2.11. The summed E-state index contributed by atoms with van der Waals surface area (Å²) in [7, 11) is 0. The lowest BCUT2D eigenvalue weighted by atomic mass is 10.2. The van der Waals surface area contributed by atoms with Crippen LogP contribution in [0.3, 0.4) is 0 Å². The third-order valence-corrected chi connectivity index (χ3v) is 2.31. The Labute approximate surface area is 87.8 Å². The molecular formula is C10H13N3O2. The number of carbonyl (C=O) groups is 1. The van der Waals surface area contributed by atoms with E-state index < -0.39 is 0 Å². The van der Waals surface area contributed by atoms with Gasteiger partial charge in [0.2, 0.25) is 0 Å². The molecule has 2 N–H and O–H groups in total. The van der Waals surface area contributed by atoms with Crippen LogP contribution in [0.2, 0.25) is 0 Å². The Bertz CT molecular complexity index is 350. The summed E-state index contributed by atoms with van der Waals surface area (Å²) in [6, 6.07) is 3.80. The van der Waals surface area contributed by atoms with E-state index in [2.05, 4.69) is 4.98 Å². The molecule has 0 saturated carbocycles. The quantitative estimate of drug-likeness (QED) is 0.783. The molecule has 2 heterocycles. The maximum Gasteiger partial charge on any atom is 0.410 e. The van der Waals surface area contributed by atoms with Crippen LogP contribution in [0.4, 0.5) is 4.79 Å². The first-order valence-electron chi connectivity index (χ1n) is 4.85. The number of pyridine rings is 1. The van der Waals surface area contributed by atoms with Crippen LogP contribution in [-0.4, -0.2) is 29.1 Å². The molecule has 1 aliphatic rings. The number of hydrogen-bond acceptors (Lipinski definition) is 4. The van der Waals surface area contributed by atoms with E-state index in [0.717, 1.165) is 11.3 Å². The van der Waals surface area contributed by atoms with Crippen LogP contribution in [0.15, 0.2) is 18.3 Å². The molecule has 1 amide bonds. The first-order valence-corrected chi connectivity index (χ1v) is 4.85. The zero-order valence-corrected chi connectivity index (χ0v) is 8.35. The van der Waals surface area contributed by atoms with E-state index in [1.54, 1.807) is 11.1 Å². The zero-order valence-electron chi connectivity index (χ0n) is 8.35. The van der Waals surface area contributed by atoms with Gasteiger partial charge in [-0.3, -0.25) is 4.98 Å². The summed E-state index contributed by atoms with van der Waals surface area (Å²) in [4.78, 5) is 17.0. The van der Waals surface area contributed by atoms with E-state index in [9.17, 15) is 4.79 Å². The van der Waals surface area contributed by atoms with Crippen molar-refractivity contribution in [2.45, 2.75) is 13.1 Å². The van der Waals surface area contributed by atoms with Crippen LogP contribution in [0.1, 0.15) is 11.3 Å². The molecule has 0 aromatic carbocycles. The van der Waals surface area contributed by atoms with Crippen molar-refractivity contribution in [1.82, 2.24) is 9.88 Å². The van der Waals surface area contributed by atoms with Gasteiger partial charge in [0, 0.05) is 12.7 Å². The summed E-state index contributed by atoms with van der Waals surface area (Å²) in [5.74, 6) is 0. The van der Waals surface area contributed by atoms with Gasteiger partial charge in [-0.15, -0.1) is 0 Å². The third-order valence-electron chi connectivity index (χ3n) is 2.31. The molecule has 5 nitrogen and oxygen atoms in total. The summed E-state index contributed by atoms with van der Waals surface area (Å²) in [6.07, 6.45) is 1.49. The van der Waals surface area contributed by atoms with Gasteiger partial charge in [0.15, 0.2) is 0 Å². The highest BCUT2D eigenvalue weighted by atomic mass is 16.6. The predicted octanol–water partition coefficient (Wildman–Crippen LogP) is 0.493. The lowest BCUT2D eigenvalue weighted by Crippen LogP contribution is -2.23. The fourth-order valence-electron chi connectivity index (χ4n) is 1.46. The highest BCUT2D eigenvalue weighted by Crippen LogP contribution is 2.09. The van der Waals surface area contributed by atoms with E-state index in [-0.39, 0.29) is 6.09 Å². The highest BCUT2D eigenvalue weighted by Gasteiger charge is 2.21. The van der Waals surface area contributed by atoms with Crippen molar-refractivity contribution < 1.29 is 9.53 Å². The van der Waals surface area contributed by atoms with Gasteiger partial charge in [0.05, 0.1) is 18.8 Å². The smallest absolute Gasteiger partial charge is 0.410 e. The first kappa shape index (κ1) is 9.92. The van der Waals surface area contributed by atoms with Gasteiger partial charge in [0.1, 0.15) is 6.61 Å². The molecule has 0 aliphatic carbocycles. The minimum Gasteiger partial charge on any atom is -0.448 e. The number of aromatic nitrogens is 1. The molecule has 1 aliphatic heterocycles. The SMILES string of the molecule is NCc1ccc(CN2CCOC2=O)cn1. The minimum absolute atomic E-state index is 0.252. The fraction of sp³-hybridized carbons (Fsp3) is 0.400. The molecule has 0 bridgehead atoms. The zero-order chi connectivity index (χ0) is 10.7. The molecule has 0 atom stereocenters. The molecule has 1 fully saturated rings. The normalized spacial score (nSPS) is 15.5. The molecule has 2 rings (SSSR count). The first-order chi connectivity index (χ1) is 7.29. The third kappa shape index (κ3) is 2.24. The van der Waals surface area contributed by atoms with Crippen molar-refractivity contribution in [2.75, 3.05) is 13.2 Å².